The summed E-state index contributed by atoms with van der Waals surface area (Å²) in [7, 11) is 0. The highest BCUT2D eigenvalue weighted by molar-refractivity contribution is 6.24. The molecule has 0 unspecified atom stereocenters. The summed E-state index contributed by atoms with van der Waals surface area (Å²) in [6.45, 7) is 9.69. The minimum atomic E-state index is 0.243. The van der Waals surface area contributed by atoms with Crippen molar-refractivity contribution >= 4 is 32.3 Å². The van der Waals surface area contributed by atoms with Gasteiger partial charge in [-0.3, -0.25) is 0 Å². The van der Waals surface area contributed by atoms with Gasteiger partial charge in [0.15, 0.2) is 0 Å². The van der Waals surface area contributed by atoms with E-state index in [0.717, 1.165) is 0 Å². The van der Waals surface area contributed by atoms with Gasteiger partial charge in [0.25, 0.3) is 0 Å². The Kier molecular flexibility index (Phi) is 2.56. The standard InChI is InChI=1S/C24H24/c1-23(2)12-13-24(3,4)22-18-11-10-16-7-5-6-15-8-9-17(14-19(22)23)21(18)20(15)16/h5-11,14H,12-13H2,1-4H3. The molecule has 0 spiro atoms. The first-order valence-electron chi connectivity index (χ1n) is 9.10. The van der Waals surface area contributed by atoms with E-state index in [-0.39, 0.29) is 10.8 Å². The quantitative estimate of drug-likeness (QED) is 0.309. The zero-order valence-electron chi connectivity index (χ0n) is 15.0. The molecule has 4 aromatic carbocycles. The third-order valence-corrected chi connectivity index (χ3v) is 6.43. The molecule has 0 nitrogen and oxygen atoms in total. The SMILES string of the molecule is CC1(C)CCC(C)(C)c2c1cc1ccc3cccc4ccc2c1c34. The van der Waals surface area contributed by atoms with Crippen LogP contribution >= 0.6 is 0 Å². The summed E-state index contributed by atoms with van der Waals surface area (Å²) in [4.78, 5) is 0. The molecule has 0 saturated carbocycles. The van der Waals surface area contributed by atoms with Gasteiger partial charge in [0.1, 0.15) is 0 Å². The lowest BCUT2D eigenvalue weighted by atomic mass is 9.61. The topological polar surface area (TPSA) is 0 Å². The summed E-state index contributed by atoms with van der Waals surface area (Å²) in [5, 5.41) is 8.50. The molecule has 1 aliphatic rings. The van der Waals surface area contributed by atoms with Gasteiger partial charge in [0.2, 0.25) is 0 Å². The minimum absolute atomic E-state index is 0.243. The lowest BCUT2D eigenvalue weighted by Gasteiger charge is -2.43. The van der Waals surface area contributed by atoms with E-state index >= 15 is 0 Å². The zero-order valence-corrected chi connectivity index (χ0v) is 15.0. The van der Waals surface area contributed by atoms with E-state index in [1.807, 2.05) is 0 Å². The van der Waals surface area contributed by atoms with Crippen LogP contribution in [-0.2, 0) is 10.8 Å². The highest BCUT2D eigenvalue weighted by Crippen LogP contribution is 2.50. The van der Waals surface area contributed by atoms with E-state index in [1.54, 1.807) is 11.1 Å². The predicted octanol–water partition coefficient (Wildman–Crippen LogP) is 6.93. The van der Waals surface area contributed by atoms with Gasteiger partial charge >= 0.3 is 0 Å². The molecule has 5 rings (SSSR count). The van der Waals surface area contributed by atoms with Gasteiger partial charge in [0.05, 0.1) is 0 Å². The number of rotatable bonds is 0. The fraction of sp³-hybridized carbons (Fsp3) is 0.333. The van der Waals surface area contributed by atoms with Crippen molar-refractivity contribution in [3.05, 3.63) is 59.7 Å². The first-order valence-corrected chi connectivity index (χ1v) is 9.10. The Morgan fingerprint density at radius 3 is 2.04 bits per heavy atom. The van der Waals surface area contributed by atoms with Crippen LogP contribution in [0.25, 0.3) is 32.3 Å². The van der Waals surface area contributed by atoms with Crippen molar-refractivity contribution in [1.29, 1.82) is 0 Å². The van der Waals surface area contributed by atoms with E-state index < -0.39 is 0 Å². The van der Waals surface area contributed by atoms with Gasteiger partial charge in [-0.2, -0.15) is 0 Å². The Morgan fingerprint density at radius 1 is 0.667 bits per heavy atom. The number of hydrogen-bond acceptors (Lipinski definition) is 0. The monoisotopic (exact) mass is 312 g/mol. The number of fused-ring (bicyclic) bond motifs is 2. The second kappa shape index (κ2) is 4.30. The molecule has 24 heavy (non-hydrogen) atoms. The molecule has 0 radical (unpaired) electrons. The summed E-state index contributed by atoms with van der Waals surface area (Å²) >= 11 is 0. The van der Waals surface area contributed by atoms with Crippen LogP contribution in [0.1, 0.15) is 51.7 Å². The molecule has 0 aliphatic heterocycles. The summed E-state index contributed by atoms with van der Waals surface area (Å²) in [5.74, 6) is 0. The molecule has 0 saturated heterocycles. The summed E-state index contributed by atoms with van der Waals surface area (Å²) < 4.78 is 0. The van der Waals surface area contributed by atoms with Crippen molar-refractivity contribution in [2.45, 2.75) is 51.4 Å². The van der Waals surface area contributed by atoms with Gasteiger partial charge in [-0.25, -0.2) is 0 Å². The molecule has 4 aromatic rings. The van der Waals surface area contributed by atoms with Crippen molar-refractivity contribution in [3.63, 3.8) is 0 Å². The van der Waals surface area contributed by atoms with Crippen LogP contribution in [0.3, 0.4) is 0 Å². The normalized spacial score (nSPS) is 19.2. The molecule has 0 N–H and O–H groups in total. The first-order chi connectivity index (χ1) is 11.4. The Bertz CT molecular complexity index is 1080. The minimum Gasteiger partial charge on any atom is -0.0610 e. The van der Waals surface area contributed by atoms with Crippen molar-refractivity contribution < 1.29 is 0 Å². The van der Waals surface area contributed by atoms with Crippen molar-refractivity contribution in [2.24, 2.45) is 0 Å². The predicted molar refractivity (Wildman–Crippen MR) is 105 cm³/mol. The average molecular weight is 312 g/mol. The van der Waals surface area contributed by atoms with Crippen LogP contribution in [0.4, 0.5) is 0 Å². The van der Waals surface area contributed by atoms with E-state index in [1.165, 1.54) is 45.2 Å². The van der Waals surface area contributed by atoms with E-state index in [9.17, 15) is 0 Å². The molecular weight excluding hydrogens is 288 g/mol. The molecule has 0 fully saturated rings. The lowest BCUT2D eigenvalue weighted by Crippen LogP contribution is -2.34. The Hall–Kier alpha value is -2.08. The maximum Gasteiger partial charge on any atom is -0.00236 e. The van der Waals surface area contributed by atoms with Gasteiger partial charge < -0.3 is 0 Å². The lowest BCUT2D eigenvalue weighted by molar-refractivity contribution is 0.335. The smallest absolute Gasteiger partial charge is 0.00236 e. The molecule has 0 bridgehead atoms. The molecule has 0 heterocycles. The second-order valence-corrected chi connectivity index (χ2v) is 8.92. The summed E-state index contributed by atoms with van der Waals surface area (Å²) in [6.07, 6.45) is 2.53. The average Bonchev–Trinajstić information content (AvgIpc) is 2.56. The fourth-order valence-electron chi connectivity index (χ4n) is 4.96. The number of hydrogen-bond donors (Lipinski definition) is 0. The van der Waals surface area contributed by atoms with E-state index in [4.69, 9.17) is 0 Å². The van der Waals surface area contributed by atoms with Crippen molar-refractivity contribution in [3.8, 4) is 0 Å². The maximum atomic E-state index is 2.49. The van der Waals surface area contributed by atoms with Crippen LogP contribution in [0, 0.1) is 0 Å². The van der Waals surface area contributed by atoms with Crippen LogP contribution in [0.5, 0.6) is 0 Å². The maximum absolute atomic E-state index is 2.49. The van der Waals surface area contributed by atoms with E-state index in [0.29, 0.717) is 0 Å². The largest absolute Gasteiger partial charge is 0.0610 e. The Balaban J connectivity index is 2.08. The van der Waals surface area contributed by atoms with Gasteiger partial charge in [-0.1, -0.05) is 76.2 Å². The summed E-state index contributed by atoms with van der Waals surface area (Å²) in [5.41, 5.74) is 3.65. The van der Waals surface area contributed by atoms with Gasteiger partial charge in [-0.05, 0) is 67.1 Å². The van der Waals surface area contributed by atoms with Crippen LogP contribution in [0.15, 0.2) is 48.5 Å². The third kappa shape index (κ3) is 1.69. The molecule has 0 aromatic heterocycles. The molecule has 0 amide bonds. The van der Waals surface area contributed by atoms with Crippen LogP contribution in [0.2, 0.25) is 0 Å². The van der Waals surface area contributed by atoms with Crippen LogP contribution < -0.4 is 0 Å². The highest BCUT2D eigenvalue weighted by atomic mass is 14.4. The third-order valence-electron chi connectivity index (χ3n) is 6.43. The highest BCUT2D eigenvalue weighted by Gasteiger charge is 2.38. The molecule has 0 atom stereocenters. The van der Waals surface area contributed by atoms with Crippen molar-refractivity contribution in [1.82, 2.24) is 0 Å². The fourth-order valence-corrected chi connectivity index (χ4v) is 4.96. The molecular formula is C24H24. The zero-order chi connectivity index (χ0) is 16.7. The molecule has 0 heteroatoms. The van der Waals surface area contributed by atoms with Gasteiger partial charge in [0, 0.05) is 0 Å². The van der Waals surface area contributed by atoms with Crippen LogP contribution in [-0.4, -0.2) is 0 Å². The van der Waals surface area contributed by atoms with Crippen molar-refractivity contribution in [2.75, 3.05) is 0 Å². The number of benzene rings is 4. The van der Waals surface area contributed by atoms with E-state index in [2.05, 4.69) is 76.2 Å². The molecule has 1 aliphatic carbocycles. The van der Waals surface area contributed by atoms with Gasteiger partial charge in [-0.15, -0.1) is 0 Å². The second-order valence-electron chi connectivity index (χ2n) is 8.92. The first kappa shape index (κ1) is 14.3. The Labute approximate surface area is 143 Å². The summed E-state index contributed by atoms with van der Waals surface area (Å²) in [6, 6.07) is 18.5. The molecule has 120 valence electrons. The Morgan fingerprint density at radius 2 is 1.29 bits per heavy atom.